The van der Waals surface area contributed by atoms with Gasteiger partial charge in [0.15, 0.2) is 0 Å². The molecule has 148 valence electrons. The molecule has 0 fully saturated rings. The quantitative estimate of drug-likeness (QED) is 0.241. The average Bonchev–Trinajstić information content (AvgIpc) is 2.77. The molecule has 0 aliphatic carbocycles. The predicted octanol–water partition coefficient (Wildman–Crippen LogP) is 5.69. The van der Waals surface area contributed by atoms with Crippen LogP contribution in [0.15, 0.2) is 84.1 Å². The number of nitrogens with zero attached hydrogens (tertiary/aromatic N) is 4. The summed E-state index contributed by atoms with van der Waals surface area (Å²) in [6, 6.07) is 23.4. The van der Waals surface area contributed by atoms with E-state index in [0.29, 0.717) is 16.9 Å². The van der Waals surface area contributed by atoms with Crippen LogP contribution in [0.25, 0.3) is 11.3 Å². The van der Waals surface area contributed by atoms with Gasteiger partial charge in [-0.15, -0.1) is 0 Å². The van der Waals surface area contributed by atoms with Crippen molar-refractivity contribution in [1.82, 2.24) is 15.0 Å². The minimum Gasteiger partial charge on any atom is -0.339 e. The fourth-order valence-corrected chi connectivity index (χ4v) is 2.84. The van der Waals surface area contributed by atoms with Gasteiger partial charge in [-0.05, 0) is 24.6 Å². The van der Waals surface area contributed by atoms with E-state index in [1.807, 2.05) is 73.7 Å². The number of aryl methyl sites for hydroxylation is 1. The smallest absolute Gasteiger partial charge is 0.246 e. The predicted molar refractivity (Wildman–Crippen MR) is 122 cm³/mol. The molecule has 0 saturated heterocycles. The van der Waals surface area contributed by atoms with E-state index >= 15 is 0 Å². The first-order chi connectivity index (χ1) is 14.7. The molecule has 2 aromatic carbocycles. The van der Waals surface area contributed by atoms with Gasteiger partial charge in [0.2, 0.25) is 5.95 Å². The van der Waals surface area contributed by atoms with Crippen LogP contribution in [0.4, 0.5) is 17.5 Å². The van der Waals surface area contributed by atoms with Gasteiger partial charge in [-0.3, -0.25) is 0 Å². The molecule has 0 unspecified atom stereocenters. The van der Waals surface area contributed by atoms with Gasteiger partial charge in [-0.2, -0.15) is 10.1 Å². The van der Waals surface area contributed by atoms with Gasteiger partial charge in [0.25, 0.3) is 0 Å². The summed E-state index contributed by atoms with van der Waals surface area (Å²) in [5.41, 5.74) is 7.62. The summed E-state index contributed by atoms with van der Waals surface area (Å²) in [6.45, 7) is 2.05. The van der Waals surface area contributed by atoms with Crippen molar-refractivity contribution in [3.8, 4) is 11.3 Å². The monoisotopic (exact) mass is 414 g/mol. The highest BCUT2D eigenvalue weighted by molar-refractivity contribution is 6.29. The molecular formula is C23H19ClN6. The average molecular weight is 415 g/mol. The normalized spacial score (nSPS) is 10.9. The number of hydrogen-bond donors (Lipinski definition) is 2. The molecule has 0 saturated carbocycles. The van der Waals surface area contributed by atoms with Crippen molar-refractivity contribution in [3.63, 3.8) is 0 Å². The van der Waals surface area contributed by atoms with Crippen LogP contribution >= 0.6 is 11.6 Å². The number of pyridine rings is 1. The number of anilines is 3. The Labute approximate surface area is 179 Å². The van der Waals surface area contributed by atoms with Crippen molar-refractivity contribution in [1.29, 1.82) is 0 Å². The SMILES string of the molecule is Cc1ccc(/C=N/Nc2nc(Nc3ccc(Cl)nc3)cc(-c3ccccc3)n2)cc1. The van der Waals surface area contributed by atoms with Crippen LogP contribution in [0.1, 0.15) is 11.1 Å². The number of halogens is 1. The second kappa shape index (κ2) is 9.15. The van der Waals surface area contributed by atoms with Gasteiger partial charge in [0.05, 0.1) is 23.8 Å². The molecule has 2 N–H and O–H groups in total. The Bertz CT molecular complexity index is 1140. The molecule has 30 heavy (non-hydrogen) atoms. The van der Waals surface area contributed by atoms with Gasteiger partial charge in [-0.25, -0.2) is 15.4 Å². The summed E-state index contributed by atoms with van der Waals surface area (Å²) in [5, 5.41) is 7.94. The highest BCUT2D eigenvalue weighted by atomic mass is 35.5. The molecule has 7 heteroatoms. The van der Waals surface area contributed by atoms with E-state index < -0.39 is 0 Å². The summed E-state index contributed by atoms with van der Waals surface area (Å²) in [7, 11) is 0. The van der Waals surface area contributed by atoms with Gasteiger partial charge >= 0.3 is 0 Å². The molecule has 0 spiro atoms. The van der Waals surface area contributed by atoms with Gasteiger partial charge in [0.1, 0.15) is 11.0 Å². The molecule has 0 radical (unpaired) electrons. The third-order valence-electron chi connectivity index (χ3n) is 4.25. The van der Waals surface area contributed by atoms with E-state index in [9.17, 15) is 0 Å². The fourth-order valence-electron chi connectivity index (χ4n) is 2.73. The third kappa shape index (κ3) is 5.18. The van der Waals surface area contributed by atoms with Gasteiger partial charge < -0.3 is 5.32 Å². The molecule has 0 aliphatic rings. The Morgan fingerprint density at radius 3 is 2.47 bits per heavy atom. The molecule has 4 rings (SSSR count). The molecule has 0 amide bonds. The Kier molecular flexibility index (Phi) is 5.96. The Morgan fingerprint density at radius 1 is 0.933 bits per heavy atom. The maximum atomic E-state index is 5.87. The van der Waals surface area contributed by atoms with E-state index in [0.717, 1.165) is 22.5 Å². The lowest BCUT2D eigenvalue weighted by Crippen LogP contribution is -2.02. The van der Waals surface area contributed by atoms with Crippen LogP contribution in [0.2, 0.25) is 5.15 Å². The largest absolute Gasteiger partial charge is 0.339 e. The molecule has 6 nitrogen and oxygen atoms in total. The Morgan fingerprint density at radius 2 is 1.73 bits per heavy atom. The zero-order chi connectivity index (χ0) is 20.8. The van der Waals surface area contributed by atoms with Crippen molar-refractivity contribution in [2.45, 2.75) is 6.92 Å². The van der Waals surface area contributed by atoms with Crippen LogP contribution in [0.5, 0.6) is 0 Å². The number of aromatic nitrogens is 3. The number of hydrogen-bond acceptors (Lipinski definition) is 6. The first-order valence-corrected chi connectivity index (χ1v) is 9.72. The van der Waals surface area contributed by atoms with E-state index in [1.165, 1.54) is 5.56 Å². The number of benzene rings is 2. The molecule has 0 aliphatic heterocycles. The number of rotatable bonds is 6. The van der Waals surface area contributed by atoms with E-state index in [4.69, 9.17) is 11.6 Å². The summed E-state index contributed by atoms with van der Waals surface area (Å²) < 4.78 is 0. The summed E-state index contributed by atoms with van der Waals surface area (Å²) >= 11 is 5.87. The van der Waals surface area contributed by atoms with Crippen LogP contribution in [0, 0.1) is 6.92 Å². The highest BCUT2D eigenvalue weighted by Gasteiger charge is 2.07. The summed E-state index contributed by atoms with van der Waals surface area (Å²) in [6.07, 6.45) is 3.38. The number of hydrazone groups is 1. The van der Waals surface area contributed by atoms with Crippen molar-refractivity contribution in [2.75, 3.05) is 10.7 Å². The highest BCUT2D eigenvalue weighted by Crippen LogP contribution is 2.23. The van der Waals surface area contributed by atoms with E-state index in [2.05, 4.69) is 30.8 Å². The summed E-state index contributed by atoms with van der Waals surface area (Å²) in [5.74, 6) is 0.991. The molecule has 2 heterocycles. The summed E-state index contributed by atoms with van der Waals surface area (Å²) in [4.78, 5) is 13.2. The zero-order valence-corrected chi connectivity index (χ0v) is 17.0. The maximum Gasteiger partial charge on any atom is 0.246 e. The minimum atomic E-state index is 0.379. The second-order valence-electron chi connectivity index (χ2n) is 6.60. The second-order valence-corrected chi connectivity index (χ2v) is 6.99. The van der Waals surface area contributed by atoms with E-state index in [1.54, 1.807) is 18.5 Å². The number of nitrogens with one attached hydrogen (secondary N) is 2. The first kappa shape index (κ1) is 19.5. The van der Waals surface area contributed by atoms with Crippen molar-refractivity contribution in [2.24, 2.45) is 5.10 Å². The van der Waals surface area contributed by atoms with Crippen LogP contribution in [-0.2, 0) is 0 Å². The van der Waals surface area contributed by atoms with Crippen LogP contribution in [-0.4, -0.2) is 21.2 Å². The lowest BCUT2D eigenvalue weighted by molar-refractivity contribution is 1.12. The van der Waals surface area contributed by atoms with E-state index in [-0.39, 0.29) is 0 Å². The Hall–Kier alpha value is -3.77. The molecular weight excluding hydrogens is 396 g/mol. The molecule has 0 atom stereocenters. The fraction of sp³-hybridized carbons (Fsp3) is 0.0435. The van der Waals surface area contributed by atoms with Crippen molar-refractivity contribution < 1.29 is 0 Å². The Balaban J connectivity index is 1.61. The van der Waals surface area contributed by atoms with Crippen molar-refractivity contribution >= 4 is 35.3 Å². The van der Waals surface area contributed by atoms with Crippen LogP contribution < -0.4 is 10.7 Å². The minimum absolute atomic E-state index is 0.379. The molecule has 4 aromatic rings. The third-order valence-corrected chi connectivity index (χ3v) is 4.47. The standard InChI is InChI=1S/C23H19ClN6/c1-16-7-9-17(10-8-16)14-26-30-23-28-20(18-5-3-2-4-6-18)13-22(29-23)27-19-11-12-21(24)25-15-19/h2-15H,1H3,(H2,27,28,29,30)/b26-14+. The maximum absolute atomic E-state index is 5.87. The lowest BCUT2D eigenvalue weighted by Gasteiger charge is -2.10. The lowest BCUT2D eigenvalue weighted by atomic mass is 10.1. The van der Waals surface area contributed by atoms with Crippen LogP contribution in [0.3, 0.4) is 0 Å². The van der Waals surface area contributed by atoms with Gasteiger partial charge in [-0.1, -0.05) is 71.8 Å². The zero-order valence-electron chi connectivity index (χ0n) is 16.2. The topological polar surface area (TPSA) is 75.1 Å². The molecule has 2 aromatic heterocycles. The first-order valence-electron chi connectivity index (χ1n) is 9.34. The van der Waals surface area contributed by atoms with Gasteiger partial charge in [0, 0.05) is 11.6 Å². The molecule has 0 bridgehead atoms. The van der Waals surface area contributed by atoms with Crippen molar-refractivity contribution in [3.05, 3.63) is 95.3 Å².